The first-order valence-electron chi connectivity index (χ1n) is 9.06. The smallest absolute Gasteiger partial charge is 0.259 e. The molecule has 0 spiro atoms. The number of benzene rings is 2. The summed E-state index contributed by atoms with van der Waals surface area (Å²) in [5, 5.41) is 2.70. The van der Waals surface area contributed by atoms with Crippen molar-refractivity contribution >= 4 is 10.9 Å². The zero-order chi connectivity index (χ0) is 19.4. The fourth-order valence-electron chi connectivity index (χ4n) is 3.32. The minimum Gasteiger partial charge on any atom is -0.493 e. The number of nitrogens with zero attached hydrogens (tertiary/aromatic N) is 1. The van der Waals surface area contributed by atoms with Crippen LogP contribution in [0.5, 0.6) is 11.5 Å². The van der Waals surface area contributed by atoms with Gasteiger partial charge in [-0.2, -0.15) is 0 Å². The Morgan fingerprint density at radius 2 is 1.74 bits per heavy atom. The molecular formula is C21H26N3O3+. The van der Waals surface area contributed by atoms with Gasteiger partial charge in [-0.3, -0.25) is 4.79 Å². The van der Waals surface area contributed by atoms with E-state index in [1.54, 1.807) is 26.4 Å². The van der Waals surface area contributed by atoms with E-state index < -0.39 is 0 Å². The summed E-state index contributed by atoms with van der Waals surface area (Å²) in [4.78, 5) is 20.0. The Labute approximate surface area is 158 Å². The number of quaternary nitrogens is 1. The van der Waals surface area contributed by atoms with Gasteiger partial charge in [0, 0.05) is 17.5 Å². The van der Waals surface area contributed by atoms with Crippen LogP contribution in [0.25, 0.3) is 10.9 Å². The average Bonchev–Trinajstić information content (AvgIpc) is 2.67. The van der Waals surface area contributed by atoms with Crippen LogP contribution in [0.3, 0.4) is 0 Å². The first kappa shape index (κ1) is 18.9. The molecule has 3 rings (SSSR count). The maximum atomic E-state index is 12.5. The van der Waals surface area contributed by atoms with Crippen molar-refractivity contribution < 1.29 is 14.8 Å². The number of H-pyrrole nitrogens is 1. The van der Waals surface area contributed by atoms with E-state index in [0.717, 1.165) is 0 Å². The average molecular weight is 368 g/mol. The molecule has 6 heteroatoms. The molecule has 0 aliphatic rings. The van der Waals surface area contributed by atoms with Crippen molar-refractivity contribution in [1.29, 1.82) is 0 Å². The maximum absolute atomic E-state index is 12.5. The summed E-state index contributed by atoms with van der Waals surface area (Å²) in [6.07, 6.45) is 0. The van der Waals surface area contributed by atoms with Crippen LogP contribution in [-0.2, 0) is 6.54 Å². The van der Waals surface area contributed by atoms with E-state index in [4.69, 9.17) is 9.47 Å². The molecule has 6 nitrogen and oxygen atoms in total. The van der Waals surface area contributed by atoms with Crippen molar-refractivity contribution in [3.63, 3.8) is 0 Å². The summed E-state index contributed by atoms with van der Waals surface area (Å²) < 4.78 is 10.6. The number of nitrogens with one attached hydrogen (secondary N) is 1. The van der Waals surface area contributed by atoms with Gasteiger partial charge in [-0.1, -0.05) is 44.2 Å². The molecule has 27 heavy (non-hydrogen) atoms. The highest BCUT2D eigenvalue weighted by Gasteiger charge is 2.19. The van der Waals surface area contributed by atoms with Crippen LogP contribution in [0.2, 0.25) is 0 Å². The van der Waals surface area contributed by atoms with Crippen LogP contribution in [-0.4, -0.2) is 24.2 Å². The monoisotopic (exact) mass is 368 g/mol. The first-order valence-corrected chi connectivity index (χ1v) is 9.06. The van der Waals surface area contributed by atoms with Crippen LogP contribution in [0.1, 0.15) is 31.3 Å². The van der Waals surface area contributed by atoms with Crippen molar-refractivity contribution in [1.82, 2.24) is 9.97 Å². The second kappa shape index (κ2) is 8.22. The maximum Gasteiger partial charge on any atom is 0.259 e. The van der Waals surface area contributed by atoms with Crippen molar-refractivity contribution in [2.45, 2.75) is 26.4 Å². The molecule has 0 unspecified atom stereocenters. The SMILES string of the molecule is COc1cc2nc(C[NH2+][C@@H](c3ccccc3)C(C)C)[nH]c(=O)c2cc1OC. The molecule has 2 aromatic carbocycles. The van der Waals surface area contributed by atoms with Crippen LogP contribution < -0.4 is 20.3 Å². The predicted molar refractivity (Wildman–Crippen MR) is 105 cm³/mol. The summed E-state index contributed by atoms with van der Waals surface area (Å²) in [6, 6.07) is 14.1. The Balaban J connectivity index is 1.89. The van der Waals surface area contributed by atoms with Gasteiger partial charge in [-0.05, 0) is 6.07 Å². The fraction of sp³-hybridized carbons (Fsp3) is 0.333. The number of ether oxygens (including phenoxy) is 2. The van der Waals surface area contributed by atoms with Gasteiger partial charge in [0.2, 0.25) is 0 Å². The third-order valence-corrected chi connectivity index (χ3v) is 4.73. The number of rotatable bonds is 7. The Hall–Kier alpha value is -2.86. The molecule has 0 aliphatic heterocycles. The lowest BCUT2D eigenvalue weighted by Crippen LogP contribution is -2.85. The highest BCUT2D eigenvalue weighted by molar-refractivity contribution is 5.81. The number of aromatic nitrogens is 2. The molecule has 142 valence electrons. The van der Waals surface area contributed by atoms with Crippen LogP contribution in [0.15, 0.2) is 47.3 Å². The summed E-state index contributed by atoms with van der Waals surface area (Å²) in [7, 11) is 3.11. The van der Waals surface area contributed by atoms with Gasteiger partial charge in [0.1, 0.15) is 12.6 Å². The number of nitrogens with two attached hydrogens (primary N) is 1. The third kappa shape index (κ3) is 4.11. The Bertz CT molecular complexity index is 968. The van der Waals surface area contributed by atoms with Crippen LogP contribution in [0.4, 0.5) is 0 Å². The molecule has 0 saturated heterocycles. The summed E-state index contributed by atoms with van der Waals surface area (Å²) in [6.45, 7) is 4.97. The molecule has 0 radical (unpaired) electrons. The minimum absolute atomic E-state index is 0.176. The third-order valence-electron chi connectivity index (χ3n) is 4.73. The zero-order valence-corrected chi connectivity index (χ0v) is 16.2. The molecule has 1 heterocycles. The molecule has 1 aromatic heterocycles. The Morgan fingerprint density at radius 3 is 2.37 bits per heavy atom. The van der Waals surface area contributed by atoms with Crippen molar-refractivity contribution in [3.8, 4) is 11.5 Å². The largest absolute Gasteiger partial charge is 0.493 e. The van der Waals surface area contributed by atoms with Crippen LogP contribution in [0, 0.1) is 5.92 Å². The second-order valence-corrected chi connectivity index (χ2v) is 6.86. The normalized spacial score (nSPS) is 12.3. The summed E-state index contributed by atoms with van der Waals surface area (Å²) in [5.74, 6) is 2.16. The number of fused-ring (bicyclic) bond motifs is 1. The zero-order valence-electron chi connectivity index (χ0n) is 16.2. The topological polar surface area (TPSA) is 80.8 Å². The molecule has 0 amide bonds. The second-order valence-electron chi connectivity index (χ2n) is 6.86. The van der Waals surface area contributed by atoms with E-state index in [1.807, 2.05) is 18.2 Å². The van der Waals surface area contributed by atoms with E-state index in [2.05, 4.69) is 41.3 Å². The lowest BCUT2D eigenvalue weighted by molar-refractivity contribution is -0.718. The fourth-order valence-corrected chi connectivity index (χ4v) is 3.32. The van der Waals surface area contributed by atoms with E-state index in [0.29, 0.717) is 40.7 Å². The summed E-state index contributed by atoms with van der Waals surface area (Å²) >= 11 is 0. The molecule has 0 fully saturated rings. The number of aromatic amines is 1. The molecule has 0 aliphatic carbocycles. The number of hydrogen-bond donors (Lipinski definition) is 2. The standard InChI is InChI=1S/C21H25N3O3/c1-13(2)20(14-8-6-5-7-9-14)22-12-19-23-16-11-18(27-4)17(26-3)10-15(16)21(25)24-19/h5-11,13,20,22H,12H2,1-4H3,(H,23,24,25)/p+1/t20-/m1/s1. The van der Waals surface area contributed by atoms with Gasteiger partial charge in [-0.25, -0.2) is 4.98 Å². The molecule has 0 bridgehead atoms. The van der Waals surface area contributed by atoms with Gasteiger partial charge < -0.3 is 19.8 Å². The van der Waals surface area contributed by atoms with Gasteiger partial charge >= 0.3 is 0 Å². The van der Waals surface area contributed by atoms with E-state index in [1.165, 1.54) is 5.56 Å². The Morgan fingerprint density at radius 1 is 1.07 bits per heavy atom. The number of hydrogen-bond acceptors (Lipinski definition) is 4. The predicted octanol–water partition coefficient (Wildman–Crippen LogP) is 2.40. The highest BCUT2D eigenvalue weighted by atomic mass is 16.5. The molecule has 3 N–H and O–H groups in total. The Kier molecular flexibility index (Phi) is 5.76. The molecule has 3 aromatic rings. The lowest BCUT2D eigenvalue weighted by Gasteiger charge is -2.19. The molecule has 0 saturated carbocycles. The van der Waals surface area contributed by atoms with E-state index >= 15 is 0 Å². The van der Waals surface area contributed by atoms with Gasteiger partial charge in [0.15, 0.2) is 17.3 Å². The van der Waals surface area contributed by atoms with E-state index in [-0.39, 0.29) is 11.6 Å². The molecule has 1 atom stereocenters. The van der Waals surface area contributed by atoms with Crippen molar-refractivity contribution in [2.24, 2.45) is 5.92 Å². The first-order chi connectivity index (χ1) is 13.0. The van der Waals surface area contributed by atoms with Crippen molar-refractivity contribution in [2.75, 3.05) is 14.2 Å². The van der Waals surface area contributed by atoms with Crippen LogP contribution >= 0.6 is 0 Å². The van der Waals surface area contributed by atoms with Gasteiger partial charge in [-0.15, -0.1) is 0 Å². The van der Waals surface area contributed by atoms with Gasteiger partial charge in [0.05, 0.1) is 25.1 Å². The highest BCUT2D eigenvalue weighted by Crippen LogP contribution is 2.29. The van der Waals surface area contributed by atoms with E-state index in [9.17, 15) is 4.79 Å². The van der Waals surface area contributed by atoms with Gasteiger partial charge in [0.25, 0.3) is 5.56 Å². The number of methoxy groups -OCH3 is 2. The van der Waals surface area contributed by atoms with Crippen molar-refractivity contribution in [3.05, 3.63) is 64.2 Å². The summed E-state index contributed by atoms with van der Waals surface area (Å²) in [5.41, 5.74) is 1.69. The quantitative estimate of drug-likeness (QED) is 0.671. The minimum atomic E-state index is -0.176. The lowest BCUT2D eigenvalue weighted by atomic mass is 9.96. The molecular weight excluding hydrogens is 342 g/mol.